The molecule has 0 spiro atoms. The van der Waals surface area contributed by atoms with Crippen LogP contribution in [0.5, 0.6) is 0 Å². The minimum absolute atomic E-state index is 0.220. The number of hydrogen-bond donors (Lipinski definition) is 0. The maximum Gasteiger partial charge on any atom is 0.338 e. The molecule has 0 fully saturated rings. The molecule has 0 aliphatic carbocycles. The number of methoxy groups -OCH3 is 2. The zero-order chi connectivity index (χ0) is 9.68. The number of esters is 1. The Morgan fingerprint density at radius 3 is 2.85 bits per heavy atom. The molecule has 0 aromatic heterocycles. The highest BCUT2D eigenvalue weighted by Gasteiger charge is 2.30. The monoisotopic (exact) mass is 186 g/mol. The van der Waals surface area contributed by atoms with Crippen molar-refractivity contribution in [3.63, 3.8) is 0 Å². The first-order chi connectivity index (χ1) is 6.29. The Morgan fingerprint density at radius 2 is 2.38 bits per heavy atom. The third-order valence-corrected chi connectivity index (χ3v) is 1.99. The van der Waals surface area contributed by atoms with Gasteiger partial charge in [-0.2, -0.15) is 0 Å². The van der Waals surface area contributed by atoms with Gasteiger partial charge in [0, 0.05) is 7.11 Å². The van der Waals surface area contributed by atoms with E-state index in [-0.39, 0.29) is 12.1 Å². The normalized spacial score (nSPS) is 23.4. The van der Waals surface area contributed by atoms with E-state index in [1.807, 2.05) is 6.08 Å². The van der Waals surface area contributed by atoms with Crippen molar-refractivity contribution in [2.75, 3.05) is 14.2 Å². The summed E-state index contributed by atoms with van der Waals surface area (Å²) >= 11 is 0. The summed E-state index contributed by atoms with van der Waals surface area (Å²) in [6, 6.07) is 0. The first-order valence-corrected chi connectivity index (χ1v) is 4.20. The van der Waals surface area contributed by atoms with Crippen LogP contribution in [-0.4, -0.2) is 32.4 Å². The van der Waals surface area contributed by atoms with Crippen LogP contribution in [0.1, 0.15) is 12.8 Å². The van der Waals surface area contributed by atoms with Crippen molar-refractivity contribution in [1.82, 2.24) is 0 Å². The Hall–Kier alpha value is -1.03. The van der Waals surface area contributed by atoms with Gasteiger partial charge in [0.05, 0.1) is 13.4 Å². The van der Waals surface area contributed by atoms with Crippen molar-refractivity contribution >= 4 is 5.97 Å². The van der Waals surface area contributed by atoms with E-state index in [0.717, 1.165) is 12.8 Å². The SMILES string of the molecule is COC(=O)C(OC)C1CCC=CO1. The van der Waals surface area contributed by atoms with Gasteiger partial charge in [-0.15, -0.1) is 0 Å². The largest absolute Gasteiger partial charge is 0.495 e. The summed E-state index contributed by atoms with van der Waals surface area (Å²) in [5, 5.41) is 0. The Kier molecular flexibility index (Phi) is 3.76. The Bertz CT molecular complexity index is 200. The molecule has 1 heterocycles. The average Bonchev–Trinajstić information content (AvgIpc) is 2.20. The minimum atomic E-state index is -0.616. The highest BCUT2D eigenvalue weighted by molar-refractivity contribution is 5.75. The molecule has 0 bridgehead atoms. The molecule has 0 radical (unpaired) electrons. The smallest absolute Gasteiger partial charge is 0.338 e. The fraction of sp³-hybridized carbons (Fsp3) is 0.667. The summed E-state index contributed by atoms with van der Waals surface area (Å²) < 4.78 is 14.8. The summed E-state index contributed by atoms with van der Waals surface area (Å²) in [5.74, 6) is -0.386. The van der Waals surface area contributed by atoms with Gasteiger partial charge in [0.25, 0.3) is 0 Å². The number of allylic oxidation sites excluding steroid dienone is 1. The van der Waals surface area contributed by atoms with Gasteiger partial charge in [-0.1, -0.05) is 0 Å². The molecule has 0 saturated carbocycles. The number of rotatable bonds is 3. The van der Waals surface area contributed by atoms with Crippen LogP contribution in [0.4, 0.5) is 0 Å². The highest BCUT2D eigenvalue weighted by atomic mass is 16.6. The van der Waals surface area contributed by atoms with Crippen LogP contribution in [0, 0.1) is 0 Å². The third-order valence-electron chi connectivity index (χ3n) is 1.99. The molecule has 4 heteroatoms. The van der Waals surface area contributed by atoms with Gasteiger partial charge in [-0.3, -0.25) is 0 Å². The summed E-state index contributed by atoms with van der Waals surface area (Å²) in [7, 11) is 2.82. The van der Waals surface area contributed by atoms with Crippen LogP contribution in [0.15, 0.2) is 12.3 Å². The van der Waals surface area contributed by atoms with E-state index in [9.17, 15) is 4.79 Å². The lowest BCUT2D eigenvalue weighted by Crippen LogP contribution is -2.38. The van der Waals surface area contributed by atoms with E-state index in [2.05, 4.69) is 4.74 Å². The topological polar surface area (TPSA) is 44.8 Å². The molecule has 0 aromatic rings. The van der Waals surface area contributed by atoms with Crippen LogP contribution >= 0.6 is 0 Å². The van der Waals surface area contributed by atoms with Crippen LogP contribution in [0.25, 0.3) is 0 Å². The first kappa shape index (κ1) is 10.1. The molecule has 0 aromatic carbocycles. The lowest BCUT2D eigenvalue weighted by molar-refractivity contribution is -0.160. The van der Waals surface area contributed by atoms with Crippen molar-refractivity contribution in [3.05, 3.63) is 12.3 Å². The van der Waals surface area contributed by atoms with Gasteiger partial charge < -0.3 is 14.2 Å². The molecular weight excluding hydrogens is 172 g/mol. The molecule has 2 unspecified atom stereocenters. The predicted octanol–water partition coefficient (Wildman–Crippen LogP) is 0.867. The van der Waals surface area contributed by atoms with E-state index in [4.69, 9.17) is 9.47 Å². The second kappa shape index (κ2) is 4.87. The Labute approximate surface area is 77.5 Å². The Morgan fingerprint density at radius 1 is 1.62 bits per heavy atom. The molecule has 1 rings (SSSR count). The van der Waals surface area contributed by atoms with Crippen molar-refractivity contribution in [3.8, 4) is 0 Å². The molecule has 13 heavy (non-hydrogen) atoms. The highest BCUT2D eigenvalue weighted by Crippen LogP contribution is 2.16. The maximum atomic E-state index is 11.2. The predicted molar refractivity (Wildman–Crippen MR) is 46.1 cm³/mol. The van der Waals surface area contributed by atoms with Gasteiger partial charge in [0.2, 0.25) is 0 Å². The van der Waals surface area contributed by atoms with Gasteiger partial charge in [-0.05, 0) is 18.9 Å². The second-order valence-electron chi connectivity index (χ2n) is 2.80. The number of carbonyl (C=O) groups excluding carboxylic acids is 1. The lowest BCUT2D eigenvalue weighted by atomic mass is 10.1. The first-order valence-electron chi connectivity index (χ1n) is 4.20. The minimum Gasteiger partial charge on any atom is -0.495 e. The summed E-state index contributed by atoms with van der Waals surface area (Å²) in [6.07, 6.45) is 4.37. The molecule has 4 nitrogen and oxygen atoms in total. The van der Waals surface area contributed by atoms with E-state index in [1.54, 1.807) is 6.26 Å². The lowest BCUT2D eigenvalue weighted by Gasteiger charge is -2.25. The van der Waals surface area contributed by atoms with Gasteiger partial charge in [-0.25, -0.2) is 4.79 Å². The summed E-state index contributed by atoms with van der Waals surface area (Å²) in [5.41, 5.74) is 0. The number of carbonyl (C=O) groups is 1. The number of hydrogen-bond acceptors (Lipinski definition) is 4. The molecule has 0 saturated heterocycles. The number of ether oxygens (including phenoxy) is 3. The third kappa shape index (κ3) is 2.45. The standard InChI is InChI=1S/C9H14O4/c1-11-8(9(10)12-2)7-5-3-4-6-13-7/h4,6-8H,3,5H2,1-2H3. The Balaban J connectivity index is 2.54. The molecular formula is C9H14O4. The maximum absolute atomic E-state index is 11.2. The van der Waals surface area contributed by atoms with Crippen molar-refractivity contribution < 1.29 is 19.0 Å². The van der Waals surface area contributed by atoms with Crippen LogP contribution in [0.2, 0.25) is 0 Å². The molecule has 2 atom stereocenters. The van der Waals surface area contributed by atoms with Gasteiger partial charge >= 0.3 is 5.97 Å². The molecule has 1 aliphatic heterocycles. The molecule has 1 aliphatic rings. The van der Waals surface area contributed by atoms with Crippen LogP contribution < -0.4 is 0 Å². The molecule has 0 N–H and O–H groups in total. The van der Waals surface area contributed by atoms with Crippen LogP contribution in [-0.2, 0) is 19.0 Å². The fourth-order valence-electron chi connectivity index (χ4n) is 1.29. The average molecular weight is 186 g/mol. The quantitative estimate of drug-likeness (QED) is 0.613. The zero-order valence-corrected chi connectivity index (χ0v) is 7.86. The van der Waals surface area contributed by atoms with Crippen LogP contribution in [0.3, 0.4) is 0 Å². The summed E-state index contributed by atoms with van der Waals surface area (Å²) in [6.45, 7) is 0. The van der Waals surface area contributed by atoms with E-state index >= 15 is 0 Å². The van der Waals surface area contributed by atoms with E-state index in [1.165, 1.54) is 14.2 Å². The van der Waals surface area contributed by atoms with Gasteiger partial charge in [0.15, 0.2) is 6.10 Å². The second-order valence-corrected chi connectivity index (χ2v) is 2.80. The van der Waals surface area contributed by atoms with Crippen molar-refractivity contribution in [1.29, 1.82) is 0 Å². The summed E-state index contributed by atoms with van der Waals surface area (Å²) in [4.78, 5) is 11.2. The van der Waals surface area contributed by atoms with E-state index in [0.29, 0.717) is 0 Å². The molecule has 74 valence electrons. The zero-order valence-electron chi connectivity index (χ0n) is 7.86. The fourth-order valence-corrected chi connectivity index (χ4v) is 1.29. The van der Waals surface area contributed by atoms with E-state index < -0.39 is 6.10 Å². The van der Waals surface area contributed by atoms with Gasteiger partial charge in [0.1, 0.15) is 6.10 Å². The van der Waals surface area contributed by atoms with Crippen molar-refractivity contribution in [2.24, 2.45) is 0 Å². The van der Waals surface area contributed by atoms with Crippen molar-refractivity contribution in [2.45, 2.75) is 25.0 Å². The molecule has 0 amide bonds.